The molecule has 2 nitrogen and oxygen atoms in total. The Bertz CT molecular complexity index is 227. The van der Waals surface area contributed by atoms with Crippen LogP contribution < -0.4 is 5.32 Å². The van der Waals surface area contributed by atoms with Gasteiger partial charge in [0.2, 0.25) is 0 Å². The van der Waals surface area contributed by atoms with Crippen LogP contribution in [0.3, 0.4) is 0 Å². The first-order chi connectivity index (χ1) is 6.20. The molecule has 0 bridgehead atoms. The lowest BCUT2D eigenvalue weighted by Gasteiger charge is -2.27. The third-order valence-electron chi connectivity index (χ3n) is 2.74. The van der Waals surface area contributed by atoms with Gasteiger partial charge in [-0.05, 0) is 19.8 Å². The van der Waals surface area contributed by atoms with Crippen molar-refractivity contribution in [1.29, 1.82) is 0 Å². The van der Waals surface area contributed by atoms with Crippen molar-refractivity contribution in [3.05, 3.63) is 16.6 Å². The summed E-state index contributed by atoms with van der Waals surface area (Å²) in [6.45, 7) is 7.59. The van der Waals surface area contributed by atoms with Gasteiger partial charge in [0.05, 0.1) is 11.2 Å². The van der Waals surface area contributed by atoms with E-state index in [-0.39, 0.29) is 5.54 Å². The van der Waals surface area contributed by atoms with Gasteiger partial charge in [-0.3, -0.25) is 0 Å². The molecule has 13 heavy (non-hydrogen) atoms. The average molecular weight is 198 g/mol. The van der Waals surface area contributed by atoms with E-state index in [0.29, 0.717) is 0 Å². The molecule has 0 aliphatic rings. The molecule has 0 amide bonds. The second-order valence-corrected chi connectivity index (χ2v) is 4.32. The van der Waals surface area contributed by atoms with Gasteiger partial charge in [-0.15, -0.1) is 11.3 Å². The van der Waals surface area contributed by atoms with Crippen LogP contribution in [-0.2, 0) is 6.54 Å². The van der Waals surface area contributed by atoms with Crippen LogP contribution in [0.5, 0.6) is 0 Å². The van der Waals surface area contributed by atoms with Crippen LogP contribution in [0.4, 0.5) is 0 Å². The molecule has 0 radical (unpaired) electrons. The van der Waals surface area contributed by atoms with E-state index in [0.717, 1.165) is 25.1 Å². The lowest BCUT2D eigenvalue weighted by molar-refractivity contribution is 0.328. The molecule has 1 rings (SSSR count). The fourth-order valence-corrected chi connectivity index (χ4v) is 1.69. The fraction of sp³-hybridized carbons (Fsp3) is 0.700. The molecule has 0 aliphatic heterocycles. The Hall–Kier alpha value is -0.410. The fourth-order valence-electron chi connectivity index (χ4n) is 1.13. The number of nitrogens with one attached hydrogen (secondary N) is 1. The Balaban J connectivity index is 2.41. The Labute approximate surface area is 84.4 Å². The van der Waals surface area contributed by atoms with E-state index < -0.39 is 0 Å². The smallest absolute Gasteiger partial charge is 0.0795 e. The van der Waals surface area contributed by atoms with E-state index in [2.05, 4.69) is 36.5 Å². The maximum atomic E-state index is 4.24. The highest BCUT2D eigenvalue weighted by Gasteiger charge is 2.18. The number of hydrogen-bond donors (Lipinski definition) is 1. The summed E-state index contributed by atoms with van der Waals surface area (Å²) in [6.07, 6.45) is 2.32. The summed E-state index contributed by atoms with van der Waals surface area (Å²) in [5.74, 6) is 0. The predicted molar refractivity (Wildman–Crippen MR) is 57.9 cm³/mol. The van der Waals surface area contributed by atoms with Crippen molar-refractivity contribution in [3.63, 3.8) is 0 Å². The monoisotopic (exact) mass is 198 g/mol. The first-order valence-electron chi connectivity index (χ1n) is 4.82. The first kappa shape index (κ1) is 10.7. The van der Waals surface area contributed by atoms with E-state index in [1.807, 2.05) is 5.51 Å². The summed E-state index contributed by atoms with van der Waals surface area (Å²) in [6, 6.07) is 0. The van der Waals surface area contributed by atoms with E-state index in [1.165, 1.54) is 0 Å². The summed E-state index contributed by atoms with van der Waals surface area (Å²) >= 11 is 1.65. The zero-order chi connectivity index (χ0) is 9.73. The van der Waals surface area contributed by atoms with Gasteiger partial charge in [0.15, 0.2) is 0 Å². The zero-order valence-electron chi connectivity index (χ0n) is 8.63. The van der Waals surface area contributed by atoms with Gasteiger partial charge < -0.3 is 5.32 Å². The van der Waals surface area contributed by atoms with Crippen LogP contribution in [-0.4, -0.2) is 10.5 Å². The first-order valence-corrected chi connectivity index (χ1v) is 5.76. The molecular formula is C10H18N2S. The Morgan fingerprint density at radius 1 is 1.46 bits per heavy atom. The highest BCUT2D eigenvalue weighted by Crippen LogP contribution is 2.14. The Morgan fingerprint density at radius 2 is 2.15 bits per heavy atom. The highest BCUT2D eigenvalue weighted by molar-refractivity contribution is 7.07. The lowest BCUT2D eigenvalue weighted by atomic mass is 9.95. The summed E-state index contributed by atoms with van der Waals surface area (Å²) < 4.78 is 0. The average Bonchev–Trinajstić information content (AvgIpc) is 2.67. The lowest BCUT2D eigenvalue weighted by Crippen LogP contribution is -2.40. The second kappa shape index (κ2) is 4.72. The quantitative estimate of drug-likeness (QED) is 0.787. The molecule has 0 saturated carbocycles. The number of nitrogens with zero attached hydrogens (tertiary/aromatic N) is 1. The molecule has 0 aliphatic carbocycles. The molecule has 1 N–H and O–H groups in total. The van der Waals surface area contributed by atoms with Crippen molar-refractivity contribution in [2.24, 2.45) is 0 Å². The van der Waals surface area contributed by atoms with E-state index >= 15 is 0 Å². The summed E-state index contributed by atoms with van der Waals surface area (Å²) in [4.78, 5) is 4.24. The highest BCUT2D eigenvalue weighted by atomic mass is 32.1. The van der Waals surface area contributed by atoms with Gasteiger partial charge >= 0.3 is 0 Å². The minimum absolute atomic E-state index is 0.267. The molecule has 0 aromatic carbocycles. The minimum Gasteiger partial charge on any atom is -0.306 e. The van der Waals surface area contributed by atoms with Crippen LogP contribution in [0.15, 0.2) is 10.9 Å². The van der Waals surface area contributed by atoms with Crippen molar-refractivity contribution in [3.8, 4) is 0 Å². The molecule has 74 valence electrons. The van der Waals surface area contributed by atoms with Crippen LogP contribution in [0, 0.1) is 0 Å². The van der Waals surface area contributed by atoms with Crippen molar-refractivity contribution < 1.29 is 0 Å². The SMILES string of the molecule is CCC(C)(CC)NCc1cscn1. The maximum Gasteiger partial charge on any atom is 0.0795 e. The molecule has 0 atom stereocenters. The van der Waals surface area contributed by atoms with Gasteiger partial charge in [0.1, 0.15) is 0 Å². The van der Waals surface area contributed by atoms with Gasteiger partial charge in [0, 0.05) is 17.5 Å². The Kier molecular flexibility index (Phi) is 3.88. The van der Waals surface area contributed by atoms with Crippen molar-refractivity contribution >= 4 is 11.3 Å². The largest absolute Gasteiger partial charge is 0.306 e. The molecule has 1 aromatic rings. The topological polar surface area (TPSA) is 24.9 Å². The van der Waals surface area contributed by atoms with E-state index in [4.69, 9.17) is 0 Å². The number of hydrogen-bond acceptors (Lipinski definition) is 3. The number of thiazole rings is 1. The summed E-state index contributed by atoms with van der Waals surface area (Å²) in [5, 5.41) is 5.64. The zero-order valence-corrected chi connectivity index (χ0v) is 9.45. The molecule has 3 heteroatoms. The van der Waals surface area contributed by atoms with Crippen LogP contribution in [0.1, 0.15) is 39.3 Å². The molecule has 0 spiro atoms. The third kappa shape index (κ3) is 3.08. The van der Waals surface area contributed by atoms with Gasteiger partial charge in [-0.2, -0.15) is 0 Å². The summed E-state index contributed by atoms with van der Waals surface area (Å²) in [7, 11) is 0. The predicted octanol–water partition coefficient (Wildman–Crippen LogP) is 2.81. The van der Waals surface area contributed by atoms with E-state index in [1.54, 1.807) is 11.3 Å². The van der Waals surface area contributed by atoms with Gasteiger partial charge in [-0.1, -0.05) is 13.8 Å². The van der Waals surface area contributed by atoms with Crippen LogP contribution in [0.2, 0.25) is 0 Å². The third-order valence-corrected chi connectivity index (χ3v) is 3.38. The molecule has 0 saturated heterocycles. The molecule has 1 aromatic heterocycles. The van der Waals surface area contributed by atoms with Crippen molar-refractivity contribution in [2.75, 3.05) is 0 Å². The summed E-state index contributed by atoms with van der Waals surface area (Å²) in [5.41, 5.74) is 3.30. The molecular weight excluding hydrogens is 180 g/mol. The molecule has 0 unspecified atom stereocenters. The Morgan fingerprint density at radius 3 is 2.62 bits per heavy atom. The van der Waals surface area contributed by atoms with Crippen molar-refractivity contribution in [1.82, 2.24) is 10.3 Å². The maximum absolute atomic E-state index is 4.24. The van der Waals surface area contributed by atoms with E-state index in [9.17, 15) is 0 Å². The molecule has 1 heterocycles. The number of rotatable bonds is 5. The normalized spacial score (nSPS) is 11.9. The van der Waals surface area contributed by atoms with Crippen LogP contribution >= 0.6 is 11.3 Å². The second-order valence-electron chi connectivity index (χ2n) is 3.60. The minimum atomic E-state index is 0.267. The van der Waals surface area contributed by atoms with Crippen LogP contribution in [0.25, 0.3) is 0 Å². The standard InChI is InChI=1S/C10H18N2S/c1-4-10(3,5-2)12-6-9-7-13-8-11-9/h7-8,12H,4-6H2,1-3H3. The van der Waals surface area contributed by atoms with Crippen molar-refractivity contribution in [2.45, 2.75) is 45.7 Å². The van der Waals surface area contributed by atoms with Gasteiger partial charge in [0.25, 0.3) is 0 Å². The molecule has 0 fully saturated rings. The number of aromatic nitrogens is 1. The van der Waals surface area contributed by atoms with Gasteiger partial charge in [-0.25, -0.2) is 4.98 Å².